The van der Waals surface area contributed by atoms with Crippen molar-refractivity contribution in [3.05, 3.63) is 23.8 Å². The number of likely N-dealkylation sites (tertiary alicyclic amines) is 1. The Labute approximate surface area is 119 Å². The first-order valence-corrected chi connectivity index (χ1v) is 7.23. The van der Waals surface area contributed by atoms with E-state index >= 15 is 0 Å². The SMILES string of the molecule is CN1CCCC(NC(=O)c2cccc3c2OCCN3)C1. The van der Waals surface area contributed by atoms with E-state index in [4.69, 9.17) is 4.74 Å². The molecule has 1 saturated heterocycles. The van der Waals surface area contributed by atoms with Crippen LogP contribution in [0.25, 0.3) is 0 Å². The summed E-state index contributed by atoms with van der Waals surface area (Å²) >= 11 is 0. The molecule has 2 N–H and O–H groups in total. The lowest BCUT2D eigenvalue weighted by Crippen LogP contribution is -2.46. The van der Waals surface area contributed by atoms with E-state index < -0.39 is 0 Å². The number of amides is 1. The van der Waals surface area contributed by atoms with Gasteiger partial charge in [0.2, 0.25) is 0 Å². The number of nitrogens with zero attached hydrogens (tertiary/aromatic N) is 1. The van der Waals surface area contributed by atoms with Gasteiger partial charge in [0.05, 0.1) is 11.3 Å². The first-order valence-electron chi connectivity index (χ1n) is 7.23. The summed E-state index contributed by atoms with van der Waals surface area (Å²) in [5.41, 5.74) is 1.53. The highest BCUT2D eigenvalue weighted by molar-refractivity contribution is 5.99. The second kappa shape index (κ2) is 5.71. The molecular formula is C15H21N3O2. The van der Waals surface area contributed by atoms with Crippen molar-refractivity contribution in [2.45, 2.75) is 18.9 Å². The molecule has 3 rings (SSSR count). The number of para-hydroxylation sites is 1. The number of hydrogen-bond donors (Lipinski definition) is 2. The smallest absolute Gasteiger partial charge is 0.255 e. The summed E-state index contributed by atoms with van der Waals surface area (Å²) in [4.78, 5) is 14.7. The summed E-state index contributed by atoms with van der Waals surface area (Å²) in [5, 5.41) is 6.38. The minimum atomic E-state index is -0.0362. The Kier molecular flexibility index (Phi) is 3.78. The third-order valence-electron chi connectivity index (χ3n) is 3.88. The maximum absolute atomic E-state index is 12.5. The molecule has 0 aromatic heterocycles. The molecule has 1 atom stereocenters. The number of carbonyl (C=O) groups excluding carboxylic acids is 1. The maximum Gasteiger partial charge on any atom is 0.255 e. The first-order chi connectivity index (χ1) is 9.74. The van der Waals surface area contributed by atoms with E-state index in [-0.39, 0.29) is 11.9 Å². The highest BCUT2D eigenvalue weighted by atomic mass is 16.5. The van der Waals surface area contributed by atoms with E-state index in [0.29, 0.717) is 17.9 Å². The van der Waals surface area contributed by atoms with E-state index in [2.05, 4.69) is 22.6 Å². The second-order valence-corrected chi connectivity index (χ2v) is 5.53. The number of nitrogens with one attached hydrogen (secondary N) is 2. The lowest BCUT2D eigenvalue weighted by atomic mass is 10.0. The predicted octanol–water partition coefficient (Wildman–Crippen LogP) is 1.31. The standard InChI is InChI=1S/C15H21N3O2/c1-18-8-3-4-11(10-18)17-15(19)12-5-2-6-13-14(12)20-9-7-16-13/h2,5-6,11,16H,3-4,7-10H2,1H3,(H,17,19). The maximum atomic E-state index is 12.5. The fraction of sp³-hybridized carbons (Fsp3) is 0.533. The molecule has 1 amide bonds. The van der Waals surface area contributed by atoms with E-state index in [1.54, 1.807) is 0 Å². The van der Waals surface area contributed by atoms with Crippen LogP contribution in [0.3, 0.4) is 0 Å². The highest BCUT2D eigenvalue weighted by Gasteiger charge is 2.23. The van der Waals surface area contributed by atoms with Crippen molar-refractivity contribution < 1.29 is 9.53 Å². The fourth-order valence-corrected chi connectivity index (χ4v) is 2.90. The number of rotatable bonds is 2. The van der Waals surface area contributed by atoms with Crippen LogP contribution in [-0.4, -0.2) is 50.1 Å². The molecule has 1 unspecified atom stereocenters. The normalized spacial score (nSPS) is 22.4. The number of hydrogen-bond acceptors (Lipinski definition) is 4. The average Bonchev–Trinajstić information content (AvgIpc) is 2.46. The number of piperidine rings is 1. The quantitative estimate of drug-likeness (QED) is 0.854. The van der Waals surface area contributed by atoms with Gasteiger partial charge in [-0.25, -0.2) is 0 Å². The zero-order valence-corrected chi connectivity index (χ0v) is 11.8. The Bertz CT molecular complexity index is 504. The highest BCUT2D eigenvalue weighted by Crippen LogP contribution is 2.31. The Morgan fingerprint density at radius 3 is 3.25 bits per heavy atom. The Balaban J connectivity index is 1.74. The van der Waals surface area contributed by atoms with Gasteiger partial charge in [-0.05, 0) is 38.6 Å². The van der Waals surface area contributed by atoms with Crippen molar-refractivity contribution in [2.24, 2.45) is 0 Å². The van der Waals surface area contributed by atoms with Gasteiger partial charge in [-0.2, -0.15) is 0 Å². The van der Waals surface area contributed by atoms with Gasteiger partial charge in [-0.15, -0.1) is 0 Å². The number of anilines is 1. The van der Waals surface area contributed by atoms with Gasteiger partial charge in [-0.1, -0.05) is 6.07 Å². The van der Waals surface area contributed by atoms with Crippen molar-refractivity contribution in [3.8, 4) is 5.75 Å². The van der Waals surface area contributed by atoms with Gasteiger partial charge in [0, 0.05) is 19.1 Å². The van der Waals surface area contributed by atoms with Crippen molar-refractivity contribution in [3.63, 3.8) is 0 Å². The van der Waals surface area contributed by atoms with Gasteiger partial charge >= 0.3 is 0 Å². The number of ether oxygens (including phenoxy) is 1. The zero-order chi connectivity index (χ0) is 13.9. The third-order valence-corrected chi connectivity index (χ3v) is 3.88. The molecule has 1 aromatic rings. The number of carbonyl (C=O) groups is 1. The van der Waals surface area contributed by atoms with Gasteiger partial charge in [0.1, 0.15) is 6.61 Å². The summed E-state index contributed by atoms with van der Waals surface area (Å²) in [6, 6.07) is 5.89. The van der Waals surface area contributed by atoms with E-state index in [1.165, 1.54) is 0 Å². The molecule has 108 valence electrons. The summed E-state index contributed by atoms with van der Waals surface area (Å²) in [6.07, 6.45) is 2.18. The van der Waals surface area contributed by atoms with E-state index in [0.717, 1.165) is 38.2 Å². The van der Waals surface area contributed by atoms with Crippen LogP contribution in [0, 0.1) is 0 Å². The Hall–Kier alpha value is -1.75. The number of likely N-dealkylation sites (N-methyl/N-ethyl adjacent to an activating group) is 1. The largest absolute Gasteiger partial charge is 0.489 e. The van der Waals surface area contributed by atoms with Crippen molar-refractivity contribution in [2.75, 3.05) is 38.6 Å². The molecule has 1 aromatic carbocycles. The Morgan fingerprint density at radius 1 is 1.50 bits per heavy atom. The molecule has 2 heterocycles. The topological polar surface area (TPSA) is 53.6 Å². The summed E-state index contributed by atoms with van der Waals surface area (Å²) < 4.78 is 5.65. The van der Waals surface area contributed by atoms with Crippen molar-refractivity contribution in [1.82, 2.24) is 10.2 Å². The zero-order valence-electron chi connectivity index (χ0n) is 11.8. The average molecular weight is 275 g/mol. The van der Waals surface area contributed by atoms with Crippen LogP contribution in [-0.2, 0) is 0 Å². The summed E-state index contributed by atoms with van der Waals surface area (Å²) in [7, 11) is 2.09. The number of fused-ring (bicyclic) bond motifs is 1. The number of benzene rings is 1. The van der Waals surface area contributed by atoms with Crippen LogP contribution >= 0.6 is 0 Å². The molecule has 0 bridgehead atoms. The summed E-state index contributed by atoms with van der Waals surface area (Å²) in [6.45, 7) is 3.41. The fourth-order valence-electron chi connectivity index (χ4n) is 2.90. The first kappa shape index (κ1) is 13.2. The molecule has 0 spiro atoms. The van der Waals surface area contributed by atoms with Crippen LogP contribution in [0.1, 0.15) is 23.2 Å². The van der Waals surface area contributed by atoms with Gasteiger partial charge in [0.25, 0.3) is 5.91 Å². The van der Waals surface area contributed by atoms with Crippen molar-refractivity contribution in [1.29, 1.82) is 0 Å². The lowest BCUT2D eigenvalue weighted by molar-refractivity contribution is 0.0908. The molecule has 1 fully saturated rings. The van der Waals surface area contributed by atoms with Crippen LogP contribution in [0.4, 0.5) is 5.69 Å². The minimum absolute atomic E-state index is 0.0362. The monoisotopic (exact) mass is 275 g/mol. The lowest BCUT2D eigenvalue weighted by Gasteiger charge is -2.30. The van der Waals surface area contributed by atoms with Crippen LogP contribution in [0.15, 0.2) is 18.2 Å². The molecule has 0 saturated carbocycles. The molecule has 5 heteroatoms. The van der Waals surface area contributed by atoms with Crippen LogP contribution in [0.5, 0.6) is 5.75 Å². The van der Waals surface area contributed by atoms with Crippen LogP contribution < -0.4 is 15.4 Å². The minimum Gasteiger partial charge on any atom is -0.489 e. The molecule has 2 aliphatic heterocycles. The molecule has 0 radical (unpaired) electrons. The third kappa shape index (κ3) is 2.72. The molecule has 20 heavy (non-hydrogen) atoms. The van der Waals surface area contributed by atoms with Gasteiger partial charge < -0.3 is 20.3 Å². The van der Waals surface area contributed by atoms with E-state index in [1.807, 2.05) is 18.2 Å². The van der Waals surface area contributed by atoms with Gasteiger partial charge in [0.15, 0.2) is 5.75 Å². The molecule has 0 aliphatic carbocycles. The van der Waals surface area contributed by atoms with Crippen LogP contribution in [0.2, 0.25) is 0 Å². The molecule has 5 nitrogen and oxygen atoms in total. The second-order valence-electron chi connectivity index (χ2n) is 5.53. The predicted molar refractivity (Wildman–Crippen MR) is 78.4 cm³/mol. The van der Waals surface area contributed by atoms with Gasteiger partial charge in [-0.3, -0.25) is 4.79 Å². The Morgan fingerprint density at radius 2 is 2.40 bits per heavy atom. The van der Waals surface area contributed by atoms with E-state index in [9.17, 15) is 4.79 Å². The molecular weight excluding hydrogens is 254 g/mol. The summed E-state index contributed by atoms with van der Waals surface area (Å²) in [5.74, 6) is 0.645. The molecule has 2 aliphatic rings. The van der Waals surface area contributed by atoms with Crippen molar-refractivity contribution >= 4 is 11.6 Å².